The summed E-state index contributed by atoms with van der Waals surface area (Å²) in [6.45, 7) is 5.20. The van der Waals surface area contributed by atoms with Crippen LogP contribution in [0.25, 0.3) is 0 Å². The highest BCUT2D eigenvalue weighted by Gasteiger charge is 2.46. The zero-order valence-corrected chi connectivity index (χ0v) is 12.5. The fourth-order valence-corrected chi connectivity index (χ4v) is 3.24. The van der Waals surface area contributed by atoms with Crippen LogP contribution in [0, 0.1) is 11.3 Å². The topological polar surface area (TPSA) is 69.6 Å². The van der Waals surface area contributed by atoms with Crippen LogP contribution >= 0.6 is 0 Å². The van der Waals surface area contributed by atoms with Crippen molar-refractivity contribution in [1.29, 1.82) is 0 Å². The van der Waals surface area contributed by atoms with Crippen LogP contribution in [0.15, 0.2) is 0 Å². The van der Waals surface area contributed by atoms with E-state index in [1.54, 1.807) is 6.92 Å². The first-order valence-corrected chi connectivity index (χ1v) is 7.76. The van der Waals surface area contributed by atoms with Crippen molar-refractivity contribution in [3.63, 3.8) is 0 Å². The lowest BCUT2D eigenvalue weighted by atomic mass is 9.84. The van der Waals surface area contributed by atoms with Crippen molar-refractivity contribution in [3.8, 4) is 0 Å². The summed E-state index contributed by atoms with van der Waals surface area (Å²) < 4.78 is 0. The highest BCUT2D eigenvalue weighted by molar-refractivity contribution is 5.79. The smallest absolute Gasteiger partial charge is 0.317 e. The number of urea groups is 1. The lowest BCUT2D eigenvalue weighted by molar-refractivity contribution is -0.148. The second-order valence-electron chi connectivity index (χ2n) is 6.45. The zero-order valence-electron chi connectivity index (χ0n) is 12.5. The maximum Gasteiger partial charge on any atom is 0.317 e. The fraction of sp³-hybridized carbons (Fsp3) is 0.867. The Morgan fingerprint density at radius 2 is 2.00 bits per heavy atom. The van der Waals surface area contributed by atoms with Crippen LogP contribution in [0.2, 0.25) is 0 Å². The monoisotopic (exact) mass is 282 g/mol. The van der Waals surface area contributed by atoms with Crippen LogP contribution in [-0.4, -0.2) is 41.1 Å². The van der Waals surface area contributed by atoms with E-state index < -0.39 is 11.4 Å². The number of rotatable bonds is 5. The molecule has 20 heavy (non-hydrogen) atoms. The first kappa shape index (κ1) is 15.1. The number of carboxylic acids is 1. The molecule has 2 aliphatic carbocycles. The van der Waals surface area contributed by atoms with Crippen molar-refractivity contribution in [2.75, 3.05) is 13.1 Å². The third-order valence-electron chi connectivity index (χ3n) is 5.12. The Hall–Kier alpha value is -1.26. The normalized spacial score (nSPS) is 29.8. The molecule has 2 atom stereocenters. The molecule has 2 saturated carbocycles. The highest BCUT2D eigenvalue weighted by Crippen LogP contribution is 2.38. The molecule has 0 aromatic rings. The van der Waals surface area contributed by atoms with Gasteiger partial charge in [-0.15, -0.1) is 0 Å². The minimum atomic E-state index is -0.814. The molecule has 5 nitrogen and oxygen atoms in total. The Labute approximate surface area is 120 Å². The number of hydrogen-bond acceptors (Lipinski definition) is 2. The molecule has 0 bridgehead atoms. The Balaban J connectivity index is 1.93. The van der Waals surface area contributed by atoms with Gasteiger partial charge in [-0.3, -0.25) is 4.79 Å². The average Bonchev–Trinajstić information content (AvgIpc) is 2.71. The molecule has 114 valence electrons. The van der Waals surface area contributed by atoms with Crippen LogP contribution < -0.4 is 5.32 Å². The van der Waals surface area contributed by atoms with Crippen molar-refractivity contribution in [3.05, 3.63) is 0 Å². The molecule has 2 rings (SSSR count). The van der Waals surface area contributed by atoms with E-state index in [-0.39, 0.29) is 12.1 Å². The van der Waals surface area contributed by atoms with Crippen molar-refractivity contribution in [1.82, 2.24) is 10.2 Å². The lowest BCUT2D eigenvalue weighted by Gasteiger charge is -2.34. The van der Waals surface area contributed by atoms with E-state index in [0.717, 1.165) is 19.4 Å². The number of hydrogen-bond donors (Lipinski definition) is 2. The van der Waals surface area contributed by atoms with Gasteiger partial charge in [0.2, 0.25) is 0 Å². The summed E-state index contributed by atoms with van der Waals surface area (Å²) in [7, 11) is 0. The van der Waals surface area contributed by atoms with Gasteiger partial charge < -0.3 is 15.3 Å². The van der Waals surface area contributed by atoms with E-state index in [4.69, 9.17) is 0 Å². The van der Waals surface area contributed by atoms with Gasteiger partial charge in [-0.25, -0.2) is 4.79 Å². The number of carbonyl (C=O) groups excluding carboxylic acids is 1. The summed E-state index contributed by atoms with van der Waals surface area (Å²) in [6, 6.07) is -0.346. The Morgan fingerprint density at radius 3 is 2.50 bits per heavy atom. The van der Waals surface area contributed by atoms with E-state index in [2.05, 4.69) is 5.32 Å². The molecule has 0 spiro atoms. The lowest BCUT2D eigenvalue weighted by Crippen LogP contribution is -2.52. The van der Waals surface area contributed by atoms with Crippen LogP contribution in [0.4, 0.5) is 4.79 Å². The molecule has 2 fully saturated rings. The van der Waals surface area contributed by atoms with Crippen molar-refractivity contribution < 1.29 is 14.7 Å². The second kappa shape index (κ2) is 6.02. The van der Waals surface area contributed by atoms with Gasteiger partial charge in [0, 0.05) is 19.1 Å². The van der Waals surface area contributed by atoms with Gasteiger partial charge in [0.15, 0.2) is 0 Å². The largest absolute Gasteiger partial charge is 0.481 e. The Bertz CT molecular complexity index is 381. The van der Waals surface area contributed by atoms with Crippen LogP contribution in [-0.2, 0) is 4.79 Å². The predicted molar refractivity (Wildman–Crippen MR) is 76.5 cm³/mol. The van der Waals surface area contributed by atoms with E-state index in [1.807, 2.05) is 11.8 Å². The summed E-state index contributed by atoms with van der Waals surface area (Å²) in [5.74, 6) is -0.169. The van der Waals surface area contributed by atoms with Gasteiger partial charge in [-0.1, -0.05) is 12.8 Å². The molecule has 0 heterocycles. The molecule has 2 amide bonds. The highest BCUT2D eigenvalue weighted by atomic mass is 16.4. The van der Waals surface area contributed by atoms with Crippen molar-refractivity contribution in [2.45, 2.75) is 58.4 Å². The maximum absolute atomic E-state index is 12.3. The maximum atomic E-state index is 12.3. The Morgan fingerprint density at radius 1 is 1.30 bits per heavy atom. The summed E-state index contributed by atoms with van der Waals surface area (Å²) in [5, 5.41) is 12.3. The van der Waals surface area contributed by atoms with Gasteiger partial charge in [-0.2, -0.15) is 0 Å². The quantitative estimate of drug-likeness (QED) is 0.813. The van der Waals surface area contributed by atoms with E-state index >= 15 is 0 Å². The molecule has 0 aromatic heterocycles. The average molecular weight is 282 g/mol. The first-order valence-electron chi connectivity index (χ1n) is 7.76. The Kier molecular flexibility index (Phi) is 4.55. The van der Waals surface area contributed by atoms with Gasteiger partial charge in [0.1, 0.15) is 0 Å². The number of carbonyl (C=O) groups is 2. The zero-order chi connectivity index (χ0) is 14.8. The van der Waals surface area contributed by atoms with Gasteiger partial charge in [-0.05, 0) is 45.4 Å². The van der Waals surface area contributed by atoms with E-state index in [9.17, 15) is 14.7 Å². The van der Waals surface area contributed by atoms with Gasteiger partial charge >= 0.3 is 12.0 Å². The number of nitrogens with zero attached hydrogens (tertiary/aromatic N) is 1. The summed E-state index contributed by atoms with van der Waals surface area (Å²) >= 11 is 0. The summed E-state index contributed by atoms with van der Waals surface area (Å²) in [5.41, 5.74) is -0.814. The number of amides is 2. The number of aliphatic carboxylic acids is 1. The molecule has 0 radical (unpaired) electrons. The standard InChI is InChI=1S/C15H26N2O3/c1-3-17(10-11-6-4-7-11)14(20)16-12-8-5-9-15(12,2)13(18)19/h11-12H,3-10H2,1-2H3,(H,16,20)(H,18,19). The van der Waals surface area contributed by atoms with Crippen LogP contribution in [0.1, 0.15) is 52.4 Å². The molecular formula is C15H26N2O3. The van der Waals surface area contributed by atoms with E-state index in [0.29, 0.717) is 18.9 Å². The summed E-state index contributed by atoms with van der Waals surface area (Å²) in [4.78, 5) is 25.6. The minimum Gasteiger partial charge on any atom is -0.481 e. The molecule has 0 saturated heterocycles. The predicted octanol–water partition coefficient (Wildman–Crippen LogP) is 2.46. The summed E-state index contributed by atoms with van der Waals surface area (Å²) in [6.07, 6.45) is 5.95. The third kappa shape index (κ3) is 2.91. The van der Waals surface area contributed by atoms with E-state index in [1.165, 1.54) is 19.3 Å². The van der Waals surface area contributed by atoms with Gasteiger partial charge in [0.25, 0.3) is 0 Å². The molecular weight excluding hydrogens is 256 g/mol. The molecule has 0 aliphatic heterocycles. The fourth-order valence-electron chi connectivity index (χ4n) is 3.24. The van der Waals surface area contributed by atoms with Crippen LogP contribution in [0.5, 0.6) is 0 Å². The third-order valence-corrected chi connectivity index (χ3v) is 5.12. The molecule has 5 heteroatoms. The molecule has 2 aliphatic rings. The first-order chi connectivity index (χ1) is 9.47. The number of carboxylic acid groups (broad SMARTS) is 1. The van der Waals surface area contributed by atoms with Crippen LogP contribution in [0.3, 0.4) is 0 Å². The SMILES string of the molecule is CCN(CC1CCC1)C(=O)NC1CCCC1(C)C(=O)O. The molecule has 2 N–H and O–H groups in total. The second-order valence-corrected chi connectivity index (χ2v) is 6.45. The minimum absolute atomic E-state index is 0.0984. The molecule has 2 unspecified atom stereocenters. The van der Waals surface area contributed by atoms with Gasteiger partial charge in [0.05, 0.1) is 5.41 Å². The van der Waals surface area contributed by atoms with Crippen molar-refractivity contribution in [2.24, 2.45) is 11.3 Å². The molecule has 0 aromatic carbocycles. The number of nitrogens with one attached hydrogen (secondary N) is 1. The van der Waals surface area contributed by atoms with Crippen molar-refractivity contribution >= 4 is 12.0 Å².